The third kappa shape index (κ3) is 3.76. The van der Waals surface area contributed by atoms with Gasteiger partial charge in [-0.15, -0.1) is 0 Å². The quantitative estimate of drug-likeness (QED) is 0.621. The topological polar surface area (TPSA) is 88.3 Å². The molecule has 2 rings (SSSR count). The van der Waals surface area contributed by atoms with E-state index in [4.69, 9.17) is 0 Å². The highest BCUT2D eigenvalue weighted by Crippen LogP contribution is 2.13. The normalized spacial score (nSPS) is 11.8. The number of rotatable bonds is 6. The van der Waals surface area contributed by atoms with E-state index in [2.05, 4.69) is 10.3 Å². The number of nitrogens with one attached hydrogen (secondary N) is 1. The van der Waals surface area contributed by atoms with Gasteiger partial charge in [-0.05, 0) is 18.1 Å². The Hall–Kier alpha value is -2.47. The molecule has 0 aliphatic rings. The molecule has 1 aromatic heterocycles. The maximum Gasteiger partial charge on any atom is 0.287 e. The maximum absolute atomic E-state index is 10.5. The van der Waals surface area contributed by atoms with Crippen molar-refractivity contribution in [3.05, 3.63) is 64.3 Å². The Balaban J connectivity index is 2.01. The molecule has 0 radical (unpaired) electrons. The van der Waals surface area contributed by atoms with E-state index in [-0.39, 0.29) is 18.3 Å². The lowest BCUT2D eigenvalue weighted by Crippen LogP contribution is -2.26. The minimum atomic E-state index is -0.496. The summed E-state index contributed by atoms with van der Waals surface area (Å²) >= 11 is 0. The first-order valence-electron chi connectivity index (χ1n) is 6.21. The van der Waals surface area contributed by atoms with E-state index in [1.165, 1.54) is 18.3 Å². The average Bonchev–Trinajstić information content (AvgIpc) is 2.48. The number of anilines is 1. The Kier molecular flexibility index (Phi) is 4.62. The summed E-state index contributed by atoms with van der Waals surface area (Å²) in [6, 6.07) is 12.5. The Labute approximate surface area is 116 Å². The summed E-state index contributed by atoms with van der Waals surface area (Å²) < 4.78 is 0. The lowest BCUT2D eigenvalue weighted by molar-refractivity contribution is -0.385. The molecular formula is C14H15N3O3. The highest BCUT2D eigenvalue weighted by atomic mass is 16.6. The minimum Gasteiger partial charge on any atom is -0.394 e. The van der Waals surface area contributed by atoms with E-state index >= 15 is 0 Å². The third-order valence-corrected chi connectivity index (χ3v) is 2.86. The number of pyridine rings is 1. The smallest absolute Gasteiger partial charge is 0.287 e. The first-order chi connectivity index (χ1) is 9.69. The van der Waals surface area contributed by atoms with Crippen molar-refractivity contribution in [2.75, 3.05) is 11.9 Å². The van der Waals surface area contributed by atoms with Crippen molar-refractivity contribution in [2.45, 2.75) is 12.5 Å². The molecule has 0 saturated carbocycles. The molecule has 104 valence electrons. The molecular weight excluding hydrogens is 258 g/mol. The van der Waals surface area contributed by atoms with Crippen molar-refractivity contribution in [1.29, 1.82) is 0 Å². The van der Waals surface area contributed by atoms with Gasteiger partial charge in [-0.1, -0.05) is 30.3 Å². The van der Waals surface area contributed by atoms with E-state index in [1.54, 1.807) is 0 Å². The van der Waals surface area contributed by atoms with Gasteiger partial charge < -0.3 is 10.4 Å². The molecule has 0 aliphatic heterocycles. The van der Waals surface area contributed by atoms with Crippen LogP contribution in [0.3, 0.4) is 0 Å². The number of nitro groups is 1. The van der Waals surface area contributed by atoms with Gasteiger partial charge in [0, 0.05) is 6.07 Å². The van der Waals surface area contributed by atoms with Gasteiger partial charge in [0.2, 0.25) is 0 Å². The Morgan fingerprint density at radius 1 is 1.25 bits per heavy atom. The monoisotopic (exact) mass is 273 g/mol. The molecule has 0 amide bonds. The summed E-state index contributed by atoms with van der Waals surface area (Å²) in [5.74, 6) is 0.505. The second-order valence-electron chi connectivity index (χ2n) is 4.37. The first kappa shape index (κ1) is 14.0. The van der Waals surface area contributed by atoms with Crippen LogP contribution < -0.4 is 5.32 Å². The summed E-state index contributed by atoms with van der Waals surface area (Å²) in [6.45, 7) is -0.0481. The van der Waals surface area contributed by atoms with E-state index in [1.807, 2.05) is 30.3 Å². The Morgan fingerprint density at radius 2 is 2.00 bits per heavy atom. The fraction of sp³-hybridized carbons (Fsp3) is 0.214. The largest absolute Gasteiger partial charge is 0.394 e. The van der Waals surface area contributed by atoms with Gasteiger partial charge in [0.25, 0.3) is 5.69 Å². The van der Waals surface area contributed by atoms with E-state index < -0.39 is 4.92 Å². The first-order valence-corrected chi connectivity index (χ1v) is 6.21. The number of aliphatic hydroxyl groups excluding tert-OH is 1. The molecule has 20 heavy (non-hydrogen) atoms. The zero-order valence-corrected chi connectivity index (χ0v) is 10.8. The number of benzene rings is 1. The van der Waals surface area contributed by atoms with E-state index in [0.29, 0.717) is 12.2 Å². The molecule has 0 aliphatic carbocycles. The number of hydrogen-bond acceptors (Lipinski definition) is 5. The van der Waals surface area contributed by atoms with Crippen LogP contribution in [-0.2, 0) is 6.42 Å². The summed E-state index contributed by atoms with van der Waals surface area (Å²) in [4.78, 5) is 14.0. The fourth-order valence-electron chi connectivity index (χ4n) is 1.85. The predicted molar refractivity (Wildman–Crippen MR) is 75.5 cm³/mol. The van der Waals surface area contributed by atoms with Crippen LogP contribution in [-0.4, -0.2) is 27.7 Å². The summed E-state index contributed by atoms with van der Waals surface area (Å²) in [5.41, 5.74) is 1.04. The Bertz CT molecular complexity index is 558. The summed E-state index contributed by atoms with van der Waals surface area (Å²) in [7, 11) is 0. The van der Waals surface area contributed by atoms with Crippen LogP contribution in [0.2, 0.25) is 0 Å². The van der Waals surface area contributed by atoms with Gasteiger partial charge in [-0.25, -0.2) is 4.98 Å². The fourth-order valence-corrected chi connectivity index (χ4v) is 1.85. The van der Waals surface area contributed by atoms with Crippen molar-refractivity contribution >= 4 is 11.5 Å². The van der Waals surface area contributed by atoms with Crippen molar-refractivity contribution in [3.63, 3.8) is 0 Å². The molecule has 1 atom stereocenters. The third-order valence-electron chi connectivity index (χ3n) is 2.86. The zero-order valence-electron chi connectivity index (χ0n) is 10.8. The molecule has 0 fully saturated rings. The lowest BCUT2D eigenvalue weighted by atomic mass is 10.1. The van der Waals surface area contributed by atoms with Crippen LogP contribution in [0.1, 0.15) is 5.56 Å². The van der Waals surface area contributed by atoms with Gasteiger partial charge in [0.15, 0.2) is 0 Å². The molecule has 0 saturated heterocycles. The summed E-state index contributed by atoms with van der Waals surface area (Å²) in [5, 5.41) is 23.0. The molecule has 2 N–H and O–H groups in total. The highest BCUT2D eigenvalue weighted by molar-refractivity contribution is 5.41. The predicted octanol–water partition coefficient (Wildman–Crippen LogP) is 2.01. The molecule has 0 bridgehead atoms. The van der Waals surface area contributed by atoms with Gasteiger partial charge in [0.05, 0.1) is 17.6 Å². The molecule has 6 nitrogen and oxygen atoms in total. The SMILES string of the molecule is O=[N+]([O-])c1ccc(N[C@@H](CO)Cc2ccccc2)nc1. The van der Waals surface area contributed by atoms with Crippen LogP contribution >= 0.6 is 0 Å². The standard InChI is InChI=1S/C14H15N3O3/c18-10-12(8-11-4-2-1-3-5-11)16-14-7-6-13(9-15-14)17(19)20/h1-7,9,12,18H,8,10H2,(H,15,16)/t12-/m1/s1. The molecule has 0 unspecified atom stereocenters. The number of nitrogens with zero attached hydrogens (tertiary/aromatic N) is 2. The van der Waals surface area contributed by atoms with Gasteiger partial charge in [-0.2, -0.15) is 0 Å². The van der Waals surface area contributed by atoms with Gasteiger partial charge >= 0.3 is 0 Å². The Morgan fingerprint density at radius 3 is 2.55 bits per heavy atom. The van der Waals surface area contributed by atoms with Crippen molar-refractivity contribution in [1.82, 2.24) is 4.98 Å². The molecule has 6 heteroatoms. The number of aliphatic hydroxyl groups is 1. The second-order valence-corrected chi connectivity index (χ2v) is 4.37. The van der Waals surface area contributed by atoms with E-state index in [0.717, 1.165) is 5.56 Å². The van der Waals surface area contributed by atoms with Crippen LogP contribution in [0.15, 0.2) is 48.7 Å². The highest BCUT2D eigenvalue weighted by Gasteiger charge is 2.10. The molecule has 1 aromatic carbocycles. The van der Waals surface area contributed by atoms with Crippen LogP contribution in [0.5, 0.6) is 0 Å². The van der Waals surface area contributed by atoms with Gasteiger partial charge in [0.1, 0.15) is 12.0 Å². The zero-order chi connectivity index (χ0) is 14.4. The van der Waals surface area contributed by atoms with Crippen molar-refractivity contribution < 1.29 is 10.0 Å². The molecule has 2 aromatic rings. The van der Waals surface area contributed by atoms with Crippen LogP contribution in [0.4, 0.5) is 11.5 Å². The van der Waals surface area contributed by atoms with Gasteiger partial charge in [-0.3, -0.25) is 10.1 Å². The lowest BCUT2D eigenvalue weighted by Gasteiger charge is -2.16. The second kappa shape index (κ2) is 6.63. The molecule has 0 spiro atoms. The maximum atomic E-state index is 10.5. The van der Waals surface area contributed by atoms with Crippen molar-refractivity contribution in [3.8, 4) is 0 Å². The number of hydrogen-bond donors (Lipinski definition) is 2. The number of aromatic nitrogens is 1. The van der Waals surface area contributed by atoms with E-state index in [9.17, 15) is 15.2 Å². The van der Waals surface area contributed by atoms with Crippen molar-refractivity contribution in [2.24, 2.45) is 0 Å². The van der Waals surface area contributed by atoms with Crippen LogP contribution in [0, 0.1) is 10.1 Å². The summed E-state index contributed by atoms with van der Waals surface area (Å²) in [6.07, 6.45) is 1.84. The average molecular weight is 273 g/mol. The minimum absolute atomic E-state index is 0.0481. The van der Waals surface area contributed by atoms with Crippen LogP contribution in [0.25, 0.3) is 0 Å². The molecule has 1 heterocycles.